The largest absolute Gasteiger partial charge is 0.486 e. The fourth-order valence-electron chi connectivity index (χ4n) is 2.29. The van der Waals surface area contributed by atoms with Crippen molar-refractivity contribution in [1.29, 1.82) is 0 Å². The molecule has 1 aromatic heterocycles. The predicted molar refractivity (Wildman–Crippen MR) is 98.0 cm³/mol. The van der Waals surface area contributed by atoms with Crippen LogP contribution in [0.15, 0.2) is 71.1 Å². The second-order valence-corrected chi connectivity index (χ2v) is 5.85. The molecule has 2 aromatic carbocycles. The molecule has 3 aromatic rings. The first-order chi connectivity index (χ1) is 13.6. The number of benzene rings is 2. The predicted octanol–water partition coefficient (Wildman–Crippen LogP) is 3.47. The van der Waals surface area contributed by atoms with Crippen LogP contribution >= 0.6 is 0 Å². The SMILES string of the molecule is O=C(COC(=O)c1ccc(COc2ccccc2)o1)NCc1ccc(F)cc1. The summed E-state index contributed by atoms with van der Waals surface area (Å²) < 4.78 is 28.7. The fourth-order valence-corrected chi connectivity index (χ4v) is 2.29. The van der Waals surface area contributed by atoms with Crippen molar-refractivity contribution in [2.75, 3.05) is 6.61 Å². The molecular formula is C21H18FNO5. The summed E-state index contributed by atoms with van der Waals surface area (Å²) in [6, 6.07) is 18.0. The van der Waals surface area contributed by atoms with Gasteiger partial charge in [0.2, 0.25) is 5.76 Å². The molecule has 0 radical (unpaired) electrons. The Balaban J connectivity index is 1.41. The molecule has 0 aliphatic rings. The molecule has 144 valence electrons. The molecule has 0 saturated carbocycles. The molecular weight excluding hydrogens is 365 g/mol. The van der Waals surface area contributed by atoms with Crippen molar-refractivity contribution in [3.8, 4) is 5.75 Å². The number of nitrogens with one attached hydrogen (secondary N) is 1. The molecule has 6 nitrogen and oxygen atoms in total. The Hall–Kier alpha value is -3.61. The van der Waals surface area contributed by atoms with E-state index in [0.29, 0.717) is 11.5 Å². The monoisotopic (exact) mass is 383 g/mol. The molecule has 1 N–H and O–H groups in total. The number of amides is 1. The topological polar surface area (TPSA) is 77.8 Å². The number of esters is 1. The third-order valence-corrected chi connectivity index (χ3v) is 3.72. The molecule has 1 amide bonds. The Morgan fingerprint density at radius 2 is 1.71 bits per heavy atom. The standard InChI is InChI=1S/C21H18FNO5/c22-16-8-6-15(7-9-16)12-23-20(24)14-27-21(25)19-11-10-18(28-19)13-26-17-4-2-1-3-5-17/h1-11H,12-14H2,(H,23,24). The van der Waals surface area contributed by atoms with Gasteiger partial charge in [-0.15, -0.1) is 0 Å². The zero-order valence-corrected chi connectivity index (χ0v) is 14.9. The van der Waals surface area contributed by atoms with Gasteiger partial charge in [0, 0.05) is 6.54 Å². The number of carbonyl (C=O) groups is 2. The summed E-state index contributed by atoms with van der Waals surface area (Å²) in [5.41, 5.74) is 0.732. The summed E-state index contributed by atoms with van der Waals surface area (Å²) in [6.45, 7) is -0.0790. The number of ether oxygens (including phenoxy) is 2. The number of hydrogen-bond acceptors (Lipinski definition) is 5. The summed E-state index contributed by atoms with van der Waals surface area (Å²) in [7, 11) is 0. The highest BCUT2D eigenvalue weighted by atomic mass is 19.1. The van der Waals surface area contributed by atoms with Gasteiger partial charge in [-0.25, -0.2) is 9.18 Å². The van der Waals surface area contributed by atoms with Gasteiger partial charge in [0.1, 0.15) is 23.9 Å². The molecule has 3 rings (SSSR count). The molecule has 0 fully saturated rings. The van der Waals surface area contributed by atoms with Gasteiger partial charge in [-0.1, -0.05) is 30.3 Å². The minimum Gasteiger partial charge on any atom is -0.486 e. The summed E-state index contributed by atoms with van der Waals surface area (Å²) in [4.78, 5) is 23.7. The minimum atomic E-state index is -0.747. The van der Waals surface area contributed by atoms with Crippen molar-refractivity contribution in [3.63, 3.8) is 0 Å². The lowest BCUT2D eigenvalue weighted by molar-refractivity contribution is -0.124. The average molecular weight is 383 g/mol. The second-order valence-electron chi connectivity index (χ2n) is 5.85. The normalized spacial score (nSPS) is 10.3. The van der Waals surface area contributed by atoms with Crippen LogP contribution in [0.5, 0.6) is 5.75 Å². The molecule has 28 heavy (non-hydrogen) atoms. The van der Waals surface area contributed by atoms with Gasteiger partial charge in [-0.3, -0.25) is 4.79 Å². The zero-order chi connectivity index (χ0) is 19.8. The molecule has 0 bridgehead atoms. The smallest absolute Gasteiger partial charge is 0.374 e. The molecule has 0 unspecified atom stereocenters. The number of furan rings is 1. The molecule has 0 spiro atoms. The van der Waals surface area contributed by atoms with Gasteiger partial charge < -0.3 is 19.2 Å². The third kappa shape index (κ3) is 5.70. The Morgan fingerprint density at radius 1 is 0.964 bits per heavy atom. The van der Waals surface area contributed by atoms with Crippen LogP contribution in [0.2, 0.25) is 0 Å². The molecule has 7 heteroatoms. The Bertz CT molecular complexity index is 921. The third-order valence-electron chi connectivity index (χ3n) is 3.72. The number of rotatable bonds is 8. The first-order valence-electron chi connectivity index (χ1n) is 8.55. The van der Waals surface area contributed by atoms with E-state index in [1.807, 2.05) is 30.3 Å². The minimum absolute atomic E-state index is 0.0157. The van der Waals surface area contributed by atoms with Crippen LogP contribution in [0.25, 0.3) is 0 Å². The lowest BCUT2D eigenvalue weighted by Gasteiger charge is -2.06. The van der Waals surface area contributed by atoms with E-state index in [1.165, 1.54) is 18.2 Å². The van der Waals surface area contributed by atoms with Crippen LogP contribution < -0.4 is 10.1 Å². The van der Waals surface area contributed by atoms with Gasteiger partial charge in [0.05, 0.1) is 0 Å². The Labute approximate surface area is 160 Å². The highest BCUT2D eigenvalue weighted by Gasteiger charge is 2.15. The van der Waals surface area contributed by atoms with E-state index in [1.54, 1.807) is 18.2 Å². The quantitative estimate of drug-likeness (QED) is 0.603. The van der Waals surface area contributed by atoms with Gasteiger partial charge in [0.15, 0.2) is 6.61 Å². The van der Waals surface area contributed by atoms with Crippen LogP contribution in [0.3, 0.4) is 0 Å². The van der Waals surface area contributed by atoms with Crippen molar-refractivity contribution in [1.82, 2.24) is 5.32 Å². The molecule has 0 aliphatic heterocycles. The molecule has 1 heterocycles. The summed E-state index contributed by atoms with van der Waals surface area (Å²) in [6.07, 6.45) is 0. The van der Waals surface area contributed by atoms with Crippen LogP contribution in [0.1, 0.15) is 21.9 Å². The van der Waals surface area contributed by atoms with E-state index >= 15 is 0 Å². The first kappa shape index (κ1) is 19.2. The second kappa shape index (κ2) is 9.36. The summed E-state index contributed by atoms with van der Waals surface area (Å²) in [5, 5.41) is 2.58. The zero-order valence-electron chi connectivity index (χ0n) is 14.9. The lowest BCUT2D eigenvalue weighted by Crippen LogP contribution is -2.28. The highest BCUT2D eigenvalue weighted by Crippen LogP contribution is 2.14. The maximum absolute atomic E-state index is 12.8. The molecule has 0 aliphatic carbocycles. The number of hydrogen-bond donors (Lipinski definition) is 1. The van der Waals surface area contributed by atoms with Gasteiger partial charge in [0.25, 0.3) is 5.91 Å². The average Bonchev–Trinajstić information content (AvgIpc) is 3.20. The Kier molecular flexibility index (Phi) is 6.41. The van der Waals surface area contributed by atoms with Crippen molar-refractivity contribution < 1.29 is 27.9 Å². The van der Waals surface area contributed by atoms with Crippen molar-refractivity contribution in [2.45, 2.75) is 13.2 Å². The van der Waals surface area contributed by atoms with Crippen molar-refractivity contribution >= 4 is 11.9 Å². The van der Waals surface area contributed by atoms with Crippen LogP contribution in [0, 0.1) is 5.82 Å². The van der Waals surface area contributed by atoms with E-state index in [0.717, 1.165) is 5.56 Å². The van der Waals surface area contributed by atoms with Gasteiger partial charge >= 0.3 is 5.97 Å². The van der Waals surface area contributed by atoms with Gasteiger partial charge in [-0.05, 0) is 42.0 Å². The highest BCUT2D eigenvalue weighted by molar-refractivity contribution is 5.88. The van der Waals surface area contributed by atoms with Crippen molar-refractivity contribution in [3.05, 3.63) is 89.6 Å². The van der Waals surface area contributed by atoms with E-state index < -0.39 is 18.5 Å². The lowest BCUT2D eigenvalue weighted by atomic mass is 10.2. The van der Waals surface area contributed by atoms with E-state index in [-0.39, 0.29) is 24.7 Å². The van der Waals surface area contributed by atoms with Crippen LogP contribution in [-0.4, -0.2) is 18.5 Å². The van der Waals surface area contributed by atoms with Crippen molar-refractivity contribution in [2.24, 2.45) is 0 Å². The molecule has 0 saturated heterocycles. The van der Waals surface area contributed by atoms with E-state index in [2.05, 4.69) is 5.32 Å². The maximum atomic E-state index is 12.8. The van der Waals surface area contributed by atoms with Crippen LogP contribution in [-0.2, 0) is 22.7 Å². The number of para-hydroxylation sites is 1. The van der Waals surface area contributed by atoms with Crippen LogP contribution in [0.4, 0.5) is 4.39 Å². The maximum Gasteiger partial charge on any atom is 0.374 e. The number of halogens is 1. The van der Waals surface area contributed by atoms with E-state index in [9.17, 15) is 14.0 Å². The molecule has 0 atom stereocenters. The van der Waals surface area contributed by atoms with Gasteiger partial charge in [-0.2, -0.15) is 0 Å². The first-order valence-corrected chi connectivity index (χ1v) is 8.55. The Morgan fingerprint density at radius 3 is 2.46 bits per heavy atom. The summed E-state index contributed by atoms with van der Waals surface area (Å²) >= 11 is 0. The fraction of sp³-hybridized carbons (Fsp3) is 0.143. The number of carbonyl (C=O) groups excluding carboxylic acids is 2. The van der Waals surface area contributed by atoms with E-state index in [4.69, 9.17) is 13.9 Å². The summed E-state index contributed by atoms with van der Waals surface area (Å²) in [5.74, 6) is -0.453.